The highest BCUT2D eigenvalue weighted by Gasteiger charge is 1.95. The maximum absolute atomic E-state index is 3.35. The number of nitrogens with one attached hydrogen (secondary N) is 1. The predicted octanol–water partition coefficient (Wildman–Crippen LogP) is 2.52. The van der Waals surface area contributed by atoms with Crippen LogP contribution < -0.4 is 5.32 Å². The molecule has 0 aromatic carbocycles. The van der Waals surface area contributed by atoms with Gasteiger partial charge in [-0.15, -0.1) is 0 Å². The Morgan fingerprint density at radius 3 is 2.93 bits per heavy atom. The van der Waals surface area contributed by atoms with Gasteiger partial charge in [-0.1, -0.05) is 13.0 Å². The van der Waals surface area contributed by atoms with Crippen LogP contribution in [-0.2, 0) is 6.54 Å². The third-order valence-electron chi connectivity index (χ3n) is 2.29. The molecule has 0 fully saturated rings. The van der Waals surface area contributed by atoms with Crippen LogP contribution in [0.4, 0.5) is 0 Å². The quantitative estimate of drug-likeness (QED) is 0.758. The number of aromatic nitrogens is 1. The Labute approximate surface area is 86.6 Å². The lowest BCUT2D eigenvalue weighted by atomic mass is 10.2. The Bertz CT molecular complexity index is 286. The summed E-state index contributed by atoms with van der Waals surface area (Å²) in [5.74, 6) is 0. The molecule has 78 valence electrons. The van der Waals surface area contributed by atoms with Gasteiger partial charge < -0.3 is 9.88 Å². The third kappa shape index (κ3) is 3.04. The monoisotopic (exact) mass is 192 g/mol. The molecule has 1 rings (SSSR count). The van der Waals surface area contributed by atoms with E-state index in [1.54, 1.807) is 0 Å². The van der Waals surface area contributed by atoms with Crippen LogP contribution in [0.25, 0.3) is 6.08 Å². The van der Waals surface area contributed by atoms with Crippen molar-refractivity contribution in [3.63, 3.8) is 0 Å². The first-order chi connectivity index (χ1) is 6.77. The first-order valence-electron chi connectivity index (χ1n) is 5.34. The average molecular weight is 192 g/mol. The minimum atomic E-state index is 0.445. The lowest BCUT2D eigenvalue weighted by Crippen LogP contribution is -2.22. The van der Waals surface area contributed by atoms with E-state index in [1.165, 1.54) is 5.69 Å². The van der Waals surface area contributed by atoms with E-state index in [0.29, 0.717) is 6.04 Å². The Morgan fingerprint density at radius 1 is 1.50 bits per heavy atom. The number of hydrogen-bond donors (Lipinski definition) is 1. The highest BCUT2D eigenvalue weighted by atomic mass is 14.9. The van der Waals surface area contributed by atoms with Crippen molar-refractivity contribution in [2.24, 2.45) is 0 Å². The molecule has 0 saturated heterocycles. The molecule has 0 aliphatic rings. The first-order valence-corrected chi connectivity index (χ1v) is 5.34. The Kier molecular flexibility index (Phi) is 4.47. The fraction of sp³-hybridized carbons (Fsp3) is 0.500. The SMILES string of the molecule is CCNC(C)/C=C/c1cccn1CC. The smallest absolute Gasteiger partial charge is 0.0403 e. The number of rotatable bonds is 5. The molecule has 1 unspecified atom stereocenters. The van der Waals surface area contributed by atoms with Gasteiger partial charge in [-0.05, 0) is 38.6 Å². The lowest BCUT2D eigenvalue weighted by molar-refractivity contribution is 0.662. The summed E-state index contributed by atoms with van der Waals surface area (Å²) in [5, 5.41) is 3.35. The van der Waals surface area contributed by atoms with Crippen LogP contribution in [0.15, 0.2) is 24.4 Å². The summed E-state index contributed by atoms with van der Waals surface area (Å²) in [4.78, 5) is 0. The number of nitrogens with zero attached hydrogens (tertiary/aromatic N) is 1. The molecule has 0 radical (unpaired) electrons. The van der Waals surface area contributed by atoms with Crippen LogP contribution in [-0.4, -0.2) is 17.2 Å². The summed E-state index contributed by atoms with van der Waals surface area (Å²) in [6.07, 6.45) is 6.49. The normalized spacial score (nSPS) is 13.6. The molecule has 1 aromatic rings. The zero-order valence-corrected chi connectivity index (χ0v) is 9.33. The molecule has 0 aliphatic heterocycles. The summed E-state index contributed by atoms with van der Waals surface area (Å²) in [5.41, 5.74) is 1.28. The van der Waals surface area contributed by atoms with E-state index in [2.05, 4.69) is 61.1 Å². The van der Waals surface area contributed by atoms with Crippen LogP contribution in [0.5, 0.6) is 0 Å². The summed E-state index contributed by atoms with van der Waals surface area (Å²) < 4.78 is 2.23. The molecule has 0 saturated carbocycles. The minimum Gasteiger partial charge on any atom is -0.348 e. The molecule has 0 spiro atoms. The molecule has 1 aromatic heterocycles. The fourth-order valence-electron chi connectivity index (χ4n) is 1.50. The van der Waals surface area contributed by atoms with E-state index < -0.39 is 0 Å². The van der Waals surface area contributed by atoms with Crippen molar-refractivity contribution in [3.05, 3.63) is 30.1 Å². The fourth-order valence-corrected chi connectivity index (χ4v) is 1.50. The van der Waals surface area contributed by atoms with Gasteiger partial charge in [0.15, 0.2) is 0 Å². The van der Waals surface area contributed by atoms with Crippen LogP contribution in [0.2, 0.25) is 0 Å². The van der Waals surface area contributed by atoms with E-state index >= 15 is 0 Å². The maximum atomic E-state index is 3.35. The molecular formula is C12H20N2. The zero-order valence-electron chi connectivity index (χ0n) is 9.33. The standard InChI is InChI=1S/C12H20N2/c1-4-13-11(3)8-9-12-7-6-10-14(12)5-2/h6-11,13H,4-5H2,1-3H3/b9-8+. The molecule has 1 atom stereocenters. The van der Waals surface area contributed by atoms with Crippen LogP contribution in [0, 0.1) is 0 Å². The summed E-state index contributed by atoms with van der Waals surface area (Å²) in [7, 11) is 0. The van der Waals surface area contributed by atoms with Gasteiger partial charge in [-0.25, -0.2) is 0 Å². The highest BCUT2D eigenvalue weighted by Crippen LogP contribution is 2.05. The van der Waals surface area contributed by atoms with Gasteiger partial charge in [0.2, 0.25) is 0 Å². The first kappa shape index (κ1) is 11.1. The third-order valence-corrected chi connectivity index (χ3v) is 2.29. The van der Waals surface area contributed by atoms with Crippen molar-refractivity contribution in [1.82, 2.24) is 9.88 Å². The van der Waals surface area contributed by atoms with Crippen molar-refractivity contribution in [2.45, 2.75) is 33.4 Å². The van der Waals surface area contributed by atoms with Gasteiger partial charge >= 0.3 is 0 Å². The van der Waals surface area contributed by atoms with Crippen molar-refractivity contribution in [1.29, 1.82) is 0 Å². The van der Waals surface area contributed by atoms with Gasteiger partial charge in [-0.3, -0.25) is 0 Å². The zero-order chi connectivity index (χ0) is 10.4. The van der Waals surface area contributed by atoms with Crippen LogP contribution in [0.1, 0.15) is 26.5 Å². The van der Waals surface area contributed by atoms with E-state index in [1.807, 2.05) is 0 Å². The molecule has 0 bridgehead atoms. The van der Waals surface area contributed by atoms with Crippen LogP contribution >= 0.6 is 0 Å². The largest absolute Gasteiger partial charge is 0.348 e. The van der Waals surface area contributed by atoms with Gasteiger partial charge in [0.05, 0.1) is 0 Å². The minimum absolute atomic E-state index is 0.445. The molecule has 1 heterocycles. The van der Waals surface area contributed by atoms with Crippen molar-refractivity contribution < 1.29 is 0 Å². The molecule has 2 heteroatoms. The van der Waals surface area contributed by atoms with E-state index in [-0.39, 0.29) is 0 Å². The van der Waals surface area contributed by atoms with Crippen molar-refractivity contribution >= 4 is 6.08 Å². The van der Waals surface area contributed by atoms with Gasteiger partial charge in [0.1, 0.15) is 0 Å². The number of aryl methyl sites for hydroxylation is 1. The molecule has 2 nitrogen and oxygen atoms in total. The van der Waals surface area contributed by atoms with E-state index in [0.717, 1.165) is 13.1 Å². The van der Waals surface area contributed by atoms with Crippen LogP contribution in [0.3, 0.4) is 0 Å². The highest BCUT2D eigenvalue weighted by molar-refractivity contribution is 5.46. The molecule has 0 amide bonds. The van der Waals surface area contributed by atoms with E-state index in [9.17, 15) is 0 Å². The number of likely N-dealkylation sites (N-methyl/N-ethyl adjacent to an activating group) is 1. The predicted molar refractivity (Wildman–Crippen MR) is 62.3 cm³/mol. The molecule has 0 aliphatic carbocycles. The second-order valence-corrected chi connectivity index (χ2v) is 3.42. The molecule has 1 N–H and O–H groups in total. The Balaban J connectivity index is 2.58. The average Bonchev–Trinajstić information content (AvgIpc) is 2.62. The maximum Gasteiger partial charge on any atom is 0.0403 e. The second-order valence-electron chi connectivity index (χ2n) is 3.42. The van der Waals surface area contributed by atoms with Gasteiger partial charge in [-0.2, -0.15) is 0 Å². The van der Waals surface area contributed by atoms with Gasteiger partial charge in [0, 0.05) is 24.5 Å². The second kappa shape index (κ2) is 5.66. The molecular weight excluding hydrogens is 172 g/mol. The Morgan fingerprint density at radius 2 is 2.29 bits per heavy atom. The lowest BCUT2D eigenvalue weighted by Gasteiger charge is -2.06. The van der Waals surface area contributed by atoms with Crippen molar-refractivity contribution in [2.75, 3.05) is 6.54 Å². The Hall–Kier alpha value is -1.02. The van der Waals surface area contributed by atoms with Gasteiger partial charge in [0.25, 0.3) is 0 Å². The summed E-state index contributed by atoms with van der Waals surface area (Å²) in [6.45, 7) is 8.49. The number of hydrogen-bond acceptors (Lipinski definition) is 1. The molecule has 14 heavy (non-hydrogen) atoms. The summed E-state index contributed by atoms with van der Waals surface area (Å²) in [6, 6.07) is 4.67. The summed E-state index contributed by atoms with van der Waals surface area (Å²) >= 11 is 0. The van der Waals surface area contributed by atoms with E-state index in [4.69, 9.17) is 0 Å². The topological polar surface area (TPSA) is 17.0 Å². The van der Waals surface area contributed by atoms with Crippen molar-refractivity contribution in [3.8, 4) is 0 Å².